The van der Waals surface area contributed by atoms with Crippen LogP contribution in [0.25, 0.3) is 0 Å². The summed E-state index contributed by atoms with van der Waals surface area (Å²) < 4.78 is 0. The molecule has 1 aliphatic heterocycles. The molecule has 2 rings (SSSR count). The molecule has 1 aliphatic rings. The fourth-order valence-corrected chi connectivity index (χ4v) is 2.69. The van der Waals surface area contributed by atoms with Crippen LogP contribution in [0, 0.1) is 0 Å². The van der Waals surface area contributed by atoms with Crippen molar-refractivity contribution in [2.45, 2.75) is 45.1 Å². The van der Waals surface area contributed by atoms with Crippen LogP contribution in [0.15, 0.2) is 24.3 Å². The first kappa shape index (κ1) is 14.9. The first-order valence-electron chi connectivity index (χ1n) is 7.57. The van der Waals surface area contributed by atoms with Gasteiger partial charge in [0.05, 0.1) is 6.04 Å². The van der Waals surface area contributed by atoms with Gasteiger partial charge in [-0.2, -0.15) is 0 Å². The Balaban J connectivity index is 1.93. The molecule has 1 amide bonds. The molecule has 0 aromatic heterocycles. The highest BCUT2D eigenvalue weighted by molar-refractivity contribution is 5.94. The minimum Gasteiger partial charge on any atom is -0.399 e. The summed E-state index contributed by atoms with van der Waals surface area (Å²) in [7, 11) is 0. The van der Waals surface area contributed by atoms with Crippen LogP contribution in [0.5, 0.6) is 0 Å². The molecule has 0 aliphatic carbocycles. The second-order valence-corrected chi connectivity index (χ2v) is 5.59. The Bertz CT molecular complexity index is 439. The van der Waals surface area contributed by atoms with E-state index in [1.807, 2.05) is 25.1 Å². The number of nitrogens with zero attached hydrogens (tertiary/aromatic N) is 1. The van der Waals surface area contributed by atoms with E-state index >= 15 is 0 Å². The lowest BCUT2D eigenvalue weighted by Crippen LogP contribution is -2.43. The Labute approximate surface area is 121 Å². The monoisotopic (exact) mass is 275 g/mol. The summed E-state index contributed by atoms with van der Waals surface area (Å²) in [6.07, 6.45) is 6.27. The van der Waals surface area contributed by atoms with Gasteiger partial charge in [0.25, 0.3) is 0 Å². The number of hydrogen-bond acceptors (Lipinski definition) is 3. The number of rotatable bonds is 3. The van der Waals surface area contributed by atoms with Gasteiger partial charge in [0.1, 0.15) is 0 Å². The van der Waals surface area contributed by atoms with Crippen LogP contribution in [0.4, 0.5) is 11.4 Å². The lowest BCUT2D eigenvalue weighted by atomic mass is 10.1. The first-order valence-corrected chi connectivity index (χ1v) is 7.57. The molecule has 4 nitrogen and oxygen atoms in total. The Morgan fingerprint density at radius 2 is 1.85 bits per heavy atom. The average Bonchev–Trinajstić information content (AvgIpc) is 2.37. The van der Waals surface area contributed by atoms with Gasteiger partial charge in [-0.25, -0.2) is 0 Å². The topological polar surface area (TPSA) is 58.4 Å². The predicted molar refractivity (Wildman–Crippen MR) is 83.6 cm³/mol. The summed E-state index contributed by atoms with van der Waals surface area (Å²) in [4.78, 5) is 14.6. The van der Waals surface area contributed by atoms with Crippen molar-refractivity contribution in [2.75, 3.05) is 24.1 Å². The van der Waals surface area contributed by atoms with Crippen LogP contribution >= 0.6 is 0 Å². The largest absolute Gasteiger partial charge is 0.399 e. The third kappa shape index (κ3) is 4.23. The molecule has 1 saturated heterocycles. The number of likely N-dealkylation sites (tertiary alicyclic amines) is 1. The highest BCUT2D eigenvalue weighted by atomic mass is 16.2. The lowest BCUT2D eigenvalue weighted by molar-refractivity contribution is -0.120. The zero-order valence-electron chi connectivity index (χ0n) is 12.3. The van der Waals surface area contributed by atoms with Crippen LogP contribution in [0.1, 0.15) is 39.0 Å². The van der Waals surface area contributed by atoms with Gasteiger partial charge in [-0.3, -0.25) is 9.69 Å². The highest BCUT2D eigenvalue weighted by Crippen LogP contribution is 2.16. The predicted octanol–water partition coefficient (Wildman–Crippen LogP) is 2.86. The van der Waals surface area contributed by atoms with Crippen LogP contribution in [-0.2, 0) is 4.79 Å². The van der Waals surface area contributed by atoms with Gasteiger partial charge in [0, 0.05) is 11.4 Å². The number of nitrogens with one attached hydrogen (secondary N) is 1. The summed E-state index contributed by atoms with van der Waals surface area (Å²) in [6.45, 7) is 4.03. The van der Waals surface area contributed by atoms with E-state index in [9.17, 15) is 4.79 Å². The van der Waals surface area contributed by atoms with E-state index < -0.39 is 0 Å². The molecule has 0 spiro atoms. The fourth-order valence-electron chi connectivity index (χ4n) is 2.69. The zero-order chi connectivity index (χ0) is 14.4. The van der Waals surface area contributed by atoms with E-state index in [1.54, 1.807) is 6.07 Å². The van der Waals surface area contributed by atoms with Gasteiger partial charge >= 0.3 is 0 Å². The Morgan fingerprint density at radius 1 is 1.20 bits per heavy atom. The van der Waals surface area contributed by atoms with E-state index in [0.717, 1.165) is 18.8 Å². The van der Waals surface area contributed by atoms with Crippen LogP contribution in [-0.4, -0.2) is 29.9 Å². The molecule has 0 radical (unpaired) electrons. The molecule has 3 N–H and O–H groups in total. The Hall–Kier alpha value is -1.55. The summed E-state index contributed by atoms with van der Waals surface area (Å²) in [5.41, 5.74) is 7.17. The Kier molecular flexibility index (Phi) is 5.41. The van der Waals surface area contributed by atoms with Gasteiger partial charge in [0.2, 0.25) is 5.91 Å². The van der Waals surface area contributed by atoms with Crippen molar-refractivity contribution in [3.8, 4) is 0 Å². The SMILES string of the molecule is CC(C(=O)Nc1cccc(N)c1)N1CCCCCCC1. The van der Waals surface area contributed by atoms with E-state index in [0.29, 0.717) is 5.69 Å². The van der Waals surface area contributed by atoms with Gasteiger partial charge in [-0.15, -0.1) is 0 Å². The van der Waals surface area contributed by atoms with Crippen LogP contribution in [0.3, 0.4) is 0 Å². The highest BCUT2D eigenvalue weighted by Gasteiger charge is 2.21. The van der Waals surface area contributed by atoms with Crippen molar-refractivity contribution < 1.29 is 4.79 Å². The summed E-state index contributed by atoms with van der Waals surface area (Å²) in [5.74, 6) is 0.0520. The molecular formula is C16H25N3O. The van der Waals surface area contributed by atoms with Gasteiger partial charge in [-0.05, 0) is 51.1 Å². The van der Waals surface area contributed by atoms with Crippen molar-refractivity contribution in [2.24, 2.45) is 0 Å². The number of hydrogen-bond donors (Lipinski definition) is 2. The van der Waals surface area contributed by atoms with Crippen molar-refractivity contribution in [3.05, 3.63) is 24.3 Å². The third-order valence-electron chi connectivity index (χ3n) is 3.97. The maximum absolute atomic E-state index is 12.3. The van der Waals surface area contributed by atoms with Crippen LogP contribution < -0.4 is 11.1 Å². The Morgan fingerprint density at radius 3 is 2.50 bits per heavy atom. The second-order valence-electron chi connectivity index (χ2n) is 5.59. The number of benzene rings is 1. The molecule has 0 bridgehead atoms. The molecular weight excluding hydrogens is 250 g/mol. The molecule has 1 fully saturated rings. The second kappa shape index (κ2) is 7.29. The van der Waals surface area contributed by atoms with E-state index in [-0.39, 0.29) is 11.9 Å². The maximum atomic E-state index is 12.3. The van der Waals surface area contributed by atoms with E-state index in [4.69, 9.17) is 5.73 Å². The minimum absolute atomic E-state index is 0.0520. The first-order chi connectivity index (χ1) is 9.66. The van der Waals surface area contributed by atoms with Gasteiger partial charge in [-0.1, -0.05) is 25.3 Å². The van der Waals surface area contributed by atoms with Crippen molar-refractivity contribution in [1.29, 1.82) is 0 Å². The van der Waals surface area contributed by atoms with Gasteiger partial charge < -0.3 is 11.1 Å². The number of nitrogens with two attached hydrogens (primary N) is 1. The quantitative estimate of drug-likeness (QED) is 0.834. The van der Waals surface area contributed by atoms with E-state index in [1.165, 1.54) is 32.1 Å². The van der Waals surface area contributed by atoms with Gasteiger partial charge in [0.15, 0.2) is 0 Å². The summed E-state index contributed by atoms with van der Waals surface area (Å²) in [5, 5.41) is 2.96. The summed E-state index contributed by atoms with van der Waals surface area (Å²) in [6, 6.07) is 7.24. The lowest BCUT2D eigenvalue weighted by Gasteiger charge is -2.29. The minimum atomic E-state index is -0.0884. The summed E-state index contributed by atoms with van der Waals surface area (Å²) >= 11 is 0. The maximum Gasteiger partial charge on any atom is 0.241 e. The number of nitrogen functional groups attached to an aromatic ring is 1. The van der Waals surface area contributed by atoms with Crippen molar-refractivity contribution >= 4 is 17.3 Å². The molecule has 1 aromatic carbocycles. The number of carbonyl (C=O) groups excluding carboxylic acids is 1. The molecule has 4 heteroatoms. The zero-order valence-corrected chi connectivity index (χ0v) is 12.3. The number of amides is 1. The molecule has 1 unspecified atom stereocenters. The van der Waals surface area contributed by atoms with E-state index in [2.05, 4.69) is 10.2 Å². The fraction of sp³-hybridized carbons (Fsp3) is 0.562. The molecule has 110 valence electrons. The standard InChI is InChI=1S/C16H25N3O/c1-13(19-10-5-3-2-4-6-11-19)16(20)18-15-9-7-8-14(17)12-15/h7-9,12-13H,2-6,10-11,17H2,1H3,(H,18,20). The normalized spacial score (nSPS) is 18.9. The van der Waals surface area contributed by atoms with Crippen molar-refractivity contribution in [3.63, 3.8) is 0 Å². The number of anilines is 2. The molecule has 1 heterocycles. The molecule has 0 saturated carbocycles. The third-order valence-corrected chi connectivity index (χ3v) is 3.97. The average molecular weight is 275 g/mol. The van der Waals surface area contributed by atoms with Crippen molar-refractivity contribution in [1.82, 2.24) is 4.90 Å². The van der Waals surface area contributed by atoms with Crippen LogP contribution in [0.2, 0.25) is 0 Å². The molecule has 1 aromatic rings. The number of carbonyl (C=O) groups is 1. The molecule has 20 heavy (non-hydrogen) atoms. The molecule has 1 atom stereocenters. The smallest absolute Gasteiger partial charge is 0.241 e.